The third-order valence-electron chi connectivity index (χ3n) is 3.53. The molecule has 5 N–H and O–H groups in total. The van der Waals surface area contributed by atoms with Crippen LogP contribution in [-0.2, 0) is 15.0 Å². The van der Waals surface area contributed by atoms with Gasteiger partial charge in [0.2, 0.25) is 5.91 Å². The van der Waals surface area contributed by atoms with E-state index < -0.39 is 10.2 Å². The van der Waals surface area contributed by atoms with Gasteiger partial charge in [0.25, 0.3) is 10.2 Å². The van der Waals surface area contributed by atoms with Crippen LogP contribution in [0.4, 0.5) is 0 Å². The van der Waals surface area contributed by atoms with Crippen LogP contribution in [0, 0.1) is 11.8 Å². The van der Waals surface area contributed by atoms with Crippen LogP contribution in [0.25, 0.3) is 0 Å². The molecule has 0 aromatic heterocycles. The number of likely N-dealkylation sites (tertiary alicyclic amines) is 1. The van der Waals surface area contributed by atoms with Crippen LogP contribution >= 0.6 is 0 Å². The second-order valence-electron chi connectivity index (χ2n) is 5.03. The van der Waals surface area contributed by atoms with Gasteiger partial charge in [0, 0.05) is 26.2 Å². The van der Waals surface area contributed by atoms with Crippen molar-refractivity contribution in [3.63, 3.8) is 0 Å². The predicted octanol–water partition coefficient (Wildman–Crippen LogP) is -0.997. The highest BCUT2D eigenvalue weighted by Gasteiger charge is 2.27. The molecule has 0 aromatic carbocycles. The number of nitrogens with zero attached hydrogens (tertiary/aromatic N) is 1. The van der Waals surface area contributed by atoms with Crippen molar-refractivity contribution in [3.8, 4) is 0 Å². The number of piperidine rings is 1. The summed E-state index contributed by atoms with van der Waals surface area (Å²) < 4.78 is 24.0. The van der Waals surface area contributed by atoms with E-state index in [0.717, 1.165) is 25.8 Å². The molecule has 0 saturated carbocycles. The number of nitrogens with two attached hydrogens (primary N) is 2. The monoisotopic (exact) mass is 292 g/mol. The summed E-state index contributed by atoms with van der Waals surface area (Å²) in [5.74, 6) is 0.0570. The first-order chi connectivity index (χ1) is 8.87. The lowest BCUT2D eigenvalue weighted by molar-refractivity contribution is -0.137. The summed E-state index contributed by atoms with van der Waals surface area (Å²) in [6.45, 7) is 3.87. The van der Waals surface area contributed by atoms with Crippen LogP contribution in [-0.4, -0.2) is 45.4 Å². The standard InChI is InChI=1S/C11H24N4O3S/c1-2-10(6-12)11(16)15-5-3-4-9(8-15)7-14-19(13,17)18/h9-10,14H,2-8,12H2,1H3,(H2,13,17,18). The summed E-state index contributed by atoms with van der Waals surface area (Å²) in [6.07, 6.45) is 2.50. The van der Waals surface area contributed by atoms with Crippen molar-refractivity contribution in [2.75, 3.05) is 26.2 Å². The average Bonchev–Trinajstić information content (AvgIpc) is 2.37. The van der Waals surface area contributed by atoms with E-state index in [1.54, 1.807) is 4.90 Å². The fourth-order valence-corrected chi connectivity index (χ4v) is 2.83. The Morgan fingerprint density at radius 3 is 2.74 bits per heavy atom. The van der Waals surface area contributed by atoms with E-state index in [1.165, 1.54) is 0 Å². The van der Waals surface area contributed by atoms with E-state index in [9.17, 15) is 13.2 Å². The highest BCUT2D eigenvalue weighted by Crippen LogP contribution is 2.18. The zero-order chi connectivity index (χ0) is 14.5. The Kier molecular flexibility index (Phi) is 6.18. The van der Waals surface area contributed by atoms with E-state index in [2.05, 4.69) is 4.72 Å². The van der Waals surface area contributed by atoms with Crippen LogP contribution in [0.15, 0.2) is 0 Å². The Balaban J connectivity index is 2.52. The maximum absolute atomic E-state index is 12.2. The molecule has 7 nitrogen and oxygen atoms in total. The third-order valence-corrected chi connectivity index (χ3v) is 4.10. The van der Waals surface area contributed by atoms with Gasteiger partial charge in [-0.2, -0.15) is 8.42 Å². The molecule has 0 aromatic rings. The molecule has 1 heterocycles. The number of hydrogen-bond donors (Lipinski definition) is 3. The lowest BCUT2D eigenvalue weighted by Crippen LogP contribution is -2.47. The Bertz CT molecular complexity index is 395. The van der Waals surface area contributed by atoms with Gasteiger partial charge < -0.3 is 10.6 Å². The Hall–Kier alpha value is -0.700. The second kappa shape index (κ2) is 7.18. The summed E-state index contributed by atoms with van der Waals surface area (Å²) in [5, 5.41) is 4.90. The van der Waals surface area contributed by atoms with Crippen molar-refractivity contribution in [2.45, 2.75) is 26.2 Å². The first-order valence-electron chi connectivity index (χ1n) is 6.63. The van der Waals surface area contributed by atoms with Gasteiger partial charge in [-0.1, -0.05) is 6.92 Å². The maximum Gasteiger partial charge on any atom is 0.274 e. The molecule has 0 radical (unpaired) electrons. The topological polar surface area (TPSA) is 119 Å². The molecule has 112 valence electrons. The van der Waals surface area contributed by atoms with Gasteiger partial charge in [0.1, 0.15) is 0 Å². The number of rotatable bonds is 6. The summed E-state index contributed by atoms with van der Waals surface area (Å²) in [6, 6.07) is 0. The normalized spacial score (nSPS) is 22.3. The van der Waals surface area contributed by atoms with Crippen molar-refractivity contribution in [2.24, 2.45) is 22.7 Å². The molecule has 1 saturated heterocycles. The van der Waals surface area contributed by atoms with Crippen molar-refractivity contribution in [1.29, 1.82) is 0 Å². The molecule has 1 rings (SSSR count). The molecule has 1 amide bonds. The number of amides is 1. The van der Waals surface area contributed by atoms with E-state index in [0.29, 0.717) is 13.1 Å². The summed E-state index contributed by atoms with van der Waals surface area (Å²) in [7, 11) is -3.66. The zero-order valence-electron chi connectivity index (χ0n) is 11.3. The fraction of sp³-hybridized carbons (Fsp3) is 0.909. The molecule has 0 spiro atoms. The van der Waals surface area contributed by atoms with Crippen LogP contribution in [0.1, 0.15) is 26.2 Å². The smallest absolute Gasteiger partial charge is 0.274 e. The molecule has 1 aliphatic heterocycles. The van der Waals surface area contributed by atoms with Gasteiger partial charge >= 0.3 is 0 Å². The van der Waals surface area contributed by atoms with Crippen LogP contribution in [0.5, 0.6) is 0 Å². The molecule has 2 atom stereocenters. The summed E-state index contributed by atoms with van der Waals surface area (Å²) >= 11 is 0. The van der Waals surface area contributed by atoms with E-state index >= 15 is 0 Å². The first-order valence-corrected chi connectivity index (χ1v) is 8.18. The van der Waals surface area contributed by atoms with Gasteiger partial charge in [-0.05, 0) is 25.2 Å². The Morgan fingerprint density at radius 1 is 1.53 bits per heavy atom. The highest BCUT2D eigenvalue weighted by atomic mass is 32.2. The maximum atomic E-state index is 12.2. The average molecular weight is 292 g/mol. The van der Waals surface area contributed by atoms with Crippen molar-refractivity contribution >= 4 is 16.1 Å². The molecule has 19 heavy (non-hydrogen) atoms. The van der Waals surface area contributed by atoms with Crippen molar-refractivity contribution in [3.05, 3.63) is 0 Å². The predicted molar refractivity (Wildman–Crippen MR) is 73.2 cm³/mol. The Morgan fingerprint density at radius 2 is 2.21 bits per heavy atom. The van der Waals surface area contributed by atoms with Gasteiger partial charge in [-0.15, -0.1) is 0 Å². The quantitative estimate of drug-likeness (QED) is 0.582. The molecule has 2 unspecified atom stereocenters. The van der Waals surface area contributed by atoms with Gasteiger partial charge in [-0.25, -0.2) is 9.86 Å². The Labute approximate surface area is 114 Å². The van der Waals surface area contributed by atoms with Crippen molar-refractivity contribution < 1.29 is 13.2 Å². The van der Waals surface area contributed by atoms with Gasteiger partial charge in [0.05, 0.1) is 5.92 Å². The van der Waals surface area contributed by atoms with Gasteiger partial charge in [-0.3, -0.25) is 4.79 Å². The SMILES string of the molecule is CCC(CN)C(=O)N1CCCC(CNS(N)(=O)=O)C1. The van der Waals surface area contributed by atoms with Gasteiger partial charge in [0.15, 0.2) is 0 Å². The number of carbonyl (C=O) groups is 1. The number of hydrogen-bond acceptors (Lipinski definition) is 4. The summed E-state index contributed by atoms with van der Waals surface area (Å²) in [4.78, 5) is 14.0. The third kappa shape index (κ3) is 5.43. The lowest BCUT2D eigenvalue weighted by Gasteiger charge is -2.34. The zero-order valence-corrected chi connectivity index (χ0v) is 12.2. The van der Waals surface area contributed by atoms with Crippen LogP contribution in [0.2, 0.25) is 0 Å². The lowest BCUT2D eigenvalue weighted by atomic mass is 9.96. The van der Waals surface area contributed by atoms with E-state index in [1.807, 2.05) is 6.92 Å². The molecular formula is C11H24N4O3S. The van der Waals surface area contributed by atoms with Crippen LogP contribution in [0.3, 0.4) is 0 Å². The summed E-state index contributed by atoms with van der Waals surface area (Å²) in [5.41, 5.74) is 5.59. The molecule has 0 bridgehead atoms. The largest absolute Gasteiger partial charge is 0.342 e. The number of carbonyl (C=O) groups excluding carboxylic acids is 1. The molecular weight excluding hydrogens is 268 g/mol. The van der Waals surface area contributed by atoms with Crippen molar-refractivity contribution in [1.82, 2.24) is 9.62 Å². The molecule has 0 aliphatic carbocycles. The van der Waals surface area contributed by atoms with E-state index in [4.69, 9.17) is 10.9 Å². The number of nitrogens with one attached hydrogen (secondary N) is 1. The molecule has 8 heteroatoms. The fourth-order valence-electron chi connectivity index (χ4n) is 2.37. The second-order valence-corrected chi connectivity index (χ2v) is 6.41. The minimum Gasteiger partial charge on any atom is -0.342 e. The minimum atomic E-state index is -3.66. The van der Waals surface area contributed by atoms with Crippen LogP contribution < -0.4 is 15.6 Å². The van der Waals surface area contributed by atoms with E-state index in [-0.39, 0.29) is 24.3 Å². The highest BCUT2D eigenvalue weighted by molar-refractivity contribution is 7.87. The first kappa shape index (κ1) is 16.4. The molecule has 1 aliphatic rings. The molecule has 1 fully saturated rings. The minimum absolute atomic E-state index is 0.0744.